The minimum atomic E-state index is -1.21. The first-order valence-corrected chi connectivity index (χ1v) is 9.91. The highest BCUT2D eigenvalue weighted by atomic mass is 16.4. The predicted molar refractivity (Wildman–Crippen MR) is 109 cm³/mol. The van der Waals surface area contributed by atoms with Crippen LogP contribution in [-0.2, 0) is 24.0 Å². The molecule has 0 aromatic rings. The first kappa shape index (κ1) is 27.3. The van der Waals surface area contributed by atoms with Gasteiger partial charge in [0.25, 0.3) is 0 Å². The summed E-state index contributed by atoms with van der Waals surface area (Å²) in [6.45, 7) is 2.76. The first-order valence-electron chi connectivity index (χ1n) is 9.91. The van der Waals surface area contributed by atoms with Gasteiger partial charge in [0.15, 0.2) is 0 Å². The van der Waals surface area contributed by atoms with E-state index in [-0.39, 0.29) is 12.5 Å². The molecule has 12 heteroatoms. The zero-order valence-electron chi connectivity index (χ0n) is 17.5. The Morgan fingerprint density at radius 3 is 2.07 bits per heavy atom. The molecule has 0 aromatic heterocycles. The summed E-state index contributed by atoms with van der Waals surface area (Å²) in [5, 5.41) is 18.0. The quantitative estimate of drug-likeness (QED) is 0.137. The molecule has 9 N–H and O–H groups in total. The summed E-state index contributed by atoms with van der Waals surface area (Å²) in [7, 11) is 0. The molecule has 0 aromatic carbocycles. The highest BCUT2D eigenvalue weighted by Gasteiger charge is 2.26. The average Bonchev–Trinajstić information content (AvgIpc) is 2.71. The van der Waals surface area contributed by atoms with E-state index in [1.54, 1.807) is 6.92 Å². The highest BCUT2D eigenvalue weighted by Crippen LogP contribution is 2.08. The maximum atomic E-state index is 12.4. The van der Waals surface area contributed by atoms with Crippen molar-refractivity contribution in [3.05, 3.63) is 0 Å². The van der Waals surface area contributed by atoms with Gasteiger partial charge in [0, 0.05) is 0 Å². The number of carbonyl (C=O) groups excluding carboxylic acids is 4. The van der Waals surface area contributed by atoms with E-state index < -0.39 is 54.8 Å². The maximum Gasteiger partial charge on any atom is 0.322 e. The predicted octanol–water partition coefficient (Wildman–Crippen LogP) is -2.59. The summed E-state index contributed by atoms with van der Waals surface area (Å²) < 4.78 is 0. The van der Waals surface area contributed by atoms with Gasteiger partial charge in [-0.3, -0.25) is 24.0 Å². The molecule has 12 nitrogen and oxygen atoms in total. The summed E-state index contributed by atoms with van der Waals surface area (Å²) in [5.41, 5.74) is 11.1. The Morgan fingerprint density at radius 2 is 1.50 bits per heavy atom. The van der Waals surface area contributed by atoms with Gasteiger partial charge in [0.05, 0.1) is 19.1 Å². The normalized spacial score (nSPS) is 13.5. The average molecular weight is 431 g/mol. The second-order valence-electron chi connectivity index (χ2n) is 6.93. The summed E-state index contributed by atoms with van der Waals surface area (Å²) >= 11 is 0. The van der Waals surface area contributed by atoms with Crippen LogP contribution in [0.3, 0.4) is 0 Å². The lowest BCUT2D eigenvalue weighted by Gasteiger charge is -2.23. The van der Waals surface area contributed by atoms with Gasteiger partial charge in [-0.15, -0.1) is 0 Å². The van der Waals surface area contributed by atoms with E-state index in [0.29, 0.717) is 25.8 Å². The third-order valence-corrected chi connectivity index (χ3v) is 4.40. The molecule has 30 heavy (non-hydrogen) atoms. The van der Waals surface area contributed by atoms with Gasteiger partial charge in [0.2, 0.25) is 23.6 Å². The van der Waals surface area contributed by atoms with Crippen LogP contribution in [-0.4, -0.2) is 73.0 Å². The van der Waals surface area contributed by atoms with Crippen LogP contribution in [0.2, 0.25) is 0 Å². The van der Waals surface area contributed by atoms with Crippen LogP contribution in [0, 0.1) is 5.92 Å². The van der Waals surface area contributed by atoms with Crippen LogP contribution in [0.4, 0.5) is 0 Å². The molecule has 0 fully saturated rings. The van der Waals surface area contributed by atoms with Gasteiger partial charge < -0.3 is 37.8 Å². The molecule has 0 radical (unpaired) electrons. The smallest absolute Gasteiger partial charge is 0.322 e. The SMILES string of the molecule is CC[C@H](C)[C@H](NC(=O)CNC(=O)[C@@H](N)CCCCN)C(=O)NCC(=O)NCC(=O)O. The minimum Gasteiger partial charge on any atom is -0.480 e. The maximum absolute atomic E-state index is 12.4. The van der Waals surface area contributed by atoms with Gasteiger partial charge in [-0.1, -0.05) is 26.7 Å². The molecule has 0 aliphatic rings. The Morgan fingerprint density at radius 1 is 0.900 bits per heavy atom. The van der Waals surface area contributed by atoms with Crippen LogP contribution in [0.15, 0.2) is 0 Å². The molecule has 0 aliphatic heterocycles. The van der Waals surface area contributed by atoms with E-state index in [1.165, 1.54) is 0 Å². The molecule has 4 amide bonds. The molecule has 172 valence electrons. The summed E-state index contributed by atoms with van der Waals surface area (Å²) in [6, 6.07) is -1.67. The van der Waals surface area contributed by atoms with Gasteiger partial charge in [-0.05, 0) is 25.3 Å². The molecule has 0 bridgehead atoms. The number of aliphatic carboxylic acids is 1. The van der Waals surface area contributed by atoms with Crippen molar-refractivity contribution in [2.45, 2.75) is 51.6 Å². The van der Waals surface area contributed by atoms with Gasteiger partial charge in [-0.25, -0.2) is 0 Å². The van der Waals surface area contributed by atoms with Crippen molar-refractivity contribution in [3.63, 3.8) is 0 Å². The van der Waals surface area contributed by atoms with Crippen molar-refractivity contribution < 1.29 is 29.1 Å². The molecule has 0 saturated carbocycles. The number of unbranched alkanes of at least 4 members (excludes halogenated alkanes) is 1. The lowest BCUT2D eigenvalue weighted by Crippen LogP contribution is -2.54. The second kappa shape index (κ2) is 15.2. The monoisotopic (exact) mass is 430 g/mol. The largest absolute Gasteiger partial charge is 0.480 e. The lowest BCUT2D eigenvalue weighted by molar-refractivity contribution is -0.138. The second-order valence-corrected chi connectivity index (χ2v) is 6.93. The number of carboxylic acid groups (broad SMARTS) is 1. The molecule has 0 saturated heterocycles. The van der Waals surface area contributed by atoms with E-state index in [9.17, 15) is 24.0 Å². The first-order chi connectivity index (χ1) is 14.1. The Hall–Kier alpha value is -2.73. The van der Waals surface area contributed by atoms with E-state index >= 15 is 0 Å². The Kier molecular flexibility index (Phi) is 13.8. The van der Waals surface area contributed by atoms with Crippen molar-refractivity contribution in [1.82, 2.24) is 21.3 Å². The Balaban J connectivity index is 4.58. The fourth-order valence-electron chi connectivity index (χ4n) is 2.38. The van der Waals surface area contributed by atoms with E-state index in [0.717, 1.165) is 6.42 Å². The number of hydrogen-bond acceptors (Lipinski definition) is 7. The third kappa shape index (κ3) is 12.0. The van der Waals surface area contributed by atoms with Crippen LogP contribution < -0.4 is 32.7 Å². The van der Waals surface area contributed by atoms with Crippen LogP contribution in [0.5, 0.6) is 0 Å². The molecule has 0 heterocycles. The molecule has 0 spiro atoms. The van der Waals surface area contributed by atoms with Crippen LogP contribution in [0.1, 0.15) is 39.5 Å². The molecule has 0 rings (SSSR count). The molecular formula is C18H34N6O6. The number of nitrogens with two attached hydrogens (primary N) is 2. The zero-order valence-corrected chi connectivity index (χ0v) is 17.5. The topological polar surface area (TPSA) is 206 Å². The number of carbonyl (C=O) groups is 5. The molecule has 0 unspecified atom stereocenters. The molecule has 3 atom stereocenters. The Labute approximate surface area is 175 Å². The van der Waals surface area contributed by atoms with Gasteiger partial charge >= 0.3 is 5.97 Å². The Bertz CT molecular complexity index is 600. The number of nitrogens with one attached hydrogen (secondary N) is 4. The minimum absolute atomic E-state index is 0.245. The number of rotatable bonds is 15. The van der Waals surface area contributed by atoms with E-state index in [2.05, 4.69) is 21.3 Å². The summed E-state index contributed by atoms with van der Waals surface area (Å²) in [5.74, 6) is -3.76. The lowest BCUT2D eigenvalue weighted by atomic mass is 9.98. The highest BCUT2D eigenvalue weighted by molar-refractivity contribution is 5.93. The van der Waals surface area contributed by atoms with Crippen molar-refractivity contribution in [3.8, 4) is 0 Å². The van der Waals surface area contributed by atoms with Crippen molar-refractivity contribution in [1.29, 1.82) is 0 Å². The van der Waals surface area contributed by atoms with Gasteiger partial charge in [-0.2, -0.15) is 0 Å². The van der Waals surface area contributed by atoms with Crippen molar-refractivity contribution >= 4 is 29.6 Å². The van der Waals surface area contributed by atoms with Crippen molar-refractivity contribution in [2.24, 2.45) is 17.4 Å². The number of carboxylic acids is 1. The standard InChI is InChI=1S/C18H34N6O6/c1-3-11(2)16(18(30)23-8-13(25)21-10-15(27)28)24-14(26)9-22-17(29)12(20)6-4-5-7-19/h11-12,16H,3-10,19-20H2,1-2H3,(H,21,25)(H,22,29)(H,23,30)(H,24,26)(H,27,28)/t11-,12-,16-/m0/s1. The molecular weight excluding hydrogens is 396 g/mol. The fraction of sp³-hybridized carbons (Fsp3) is 0.722. The summed E-state index contributed by atoms with van der Waals surface area (Å²) in [4.78, 5) is 58.4. The van der Waals surface area contributed by atoms with Crippen LogP contribution >= 0.6 is 0 Å². The molecule has 0 aliphatic carbocycles. The van der Waals surface area contributed by atoms with Crippen molar-refractivity contribution in [2.75, 3.05) is 26.2 Å². The zero-order chi connectivity index (χ0) is 23.1. The van der Waals surface area contributed by atoms with Gasteiger partial charge in [0.1, 0.15) is 12.6 Å². The fourth-order valence-corrected chi connectivity index (χ4v) is 2.38. The third-order valence-electron chi connectivity index (χ3n) is 4.40. The number of hydrogen-bond donors (Lipinski definition) is 7. The van der Waals surface area contributed by atoms with E-state index in [4.69, 9.17) is 16.6 Å². The summed E-state index contributed by atoms with van der Waals surface area (Å²) in [6.07, 6.45) is 2.48. The number of amides is 4. The van der Waals surface area contributed by atoms with E-state index in [1.807, 2.05) is 6.92 Å². The van der Waals surface area contributed by atoms with Crippen LogP contribution in [0.25, 0.3) is 0 Å².